The maximum absolute atomic E-state index is 15.1. The lowest BCUT2D eigenvalue weighted by molar-refractivity contribution is -0.105. The van der Waals surface area contributed by atoms with Crippen LogP contribution < -0.4 is 10.2 Å². The van der Waals surface area contributed by atoms with Crippen LogP contribution in [0.3, 0.4) is 0 Å². The van der Waals surface area contributed by atoms with Gasteiger partial charge in [0.15, 0.2) is 5.65 Å². The summed E-state index contributed by atoms with van der Waals surface area (Å²) in [6.45, 7) is 6.29. The highest BCUT2D eigenvalue weighted by Crippen LogP contribution is 2.62. The number of rotatable bonds is 5. The SMILES string of the molecule is Cc1nc2cc(-c3cc(NC(=O)c4cnn(C56CC(C5)C6)c4F)c(F)cc3C)cc(N3CCOCC3)n2n1. The Hall–Kier alpha value is -3.86. The molecule has 1 aliphatic heterocycles. The van der Waals surface area contributed by atoms with Crippen LogP contribution in [0.4, 0.5) is 20.3 Å². The number of hydrogen-bond acceptors (Lipinski definition) is 6. The summed E-state index contributed by atoms with van der Waals surface area (Å²) in [7, 11) is 0. The molecular weight excluding hydrogens is 492 g/mol. The van der Waals surface area contributed by atoms with E-state index in [0.717, 1.165) is 36.2 Å². The summed E-state index contributed by atoms with van der Waals surface area (Å²) in [4.78, 5) is 19.7. The lowest BCUT2D eigenvalue weighted by Gasteiger charge is -2.61. The van der Waals surface area contributed by atoms with Gasteiger partial charge in [-0.3, -0.25) is 4.79 Å². The van der Waals surface area contributed by atoms with Crippen molar-refractivity contribution in [3.05, 3.63) is 59.2 Å². The molecule has 9 nitrogen and oxygen atoms in total. The first-order valence-corrected chi connectivity index (χ1v) is 12.9. The minimum atomic E-state index is -0.730. The third kappa shape index (κ3) is 3.52. The molecule has 0 unspecified atom stereocenters. The molecule has 4 fully saturated rings. The normalized spacial score (nSPS) is 22.3. The Morgan fingerprint density at radius 1 is 1.11 bits per heavy atom. The van der Waals surface area contributed by atoms with Crippen molar-refractivity contribution >= 4 is 23.1 Å². The van der Waals surface area contributed by atoms with Crippen molar-refractivity contribution < 1.29 is 18.3 Å². The van der Waals surface area contributed by atoms with Crippen LogP contribution >= 0.6 is 0 Å². The first-order chi connectivity index (χ1) is 18.3. The number of aryl methyl sites for hydroxylation is 2. The second kappa shape index (κ2) is 8.32. The van der Waals surface area contributed by atoms with Gasteiger partial charge in [-0.2, -0.15) is 14.0 Å². The molecule has 1 aromatic carbocycles. The largest absolute Gasteiger partial charge is 0.378 e. The Labute approximate surface area is 217 Å². The minimum absolute atomic E-state index is 0.0290. The van der Waals surface area contributed by atoms with Crippen LogP contribution in [0, 0.1) is 31.5 Å². The fraction of sp³-hybridized carbons (Fsp3) is 0.407. The van der Waals surface area contributed by atoms with Crippen LogP contribution in [-0.2, 0) is 10.3 Å². The molecule has 11 heteroatoms. The summed E-state index contributed by atoms with van der Waals surface area (Å²) in [6.07, 6.45) is 3.91. The number of carbonyl (C=O) groups excluding carboxylic acids is 1. The lowest BCUT2D eigenvalue weighted by Crippen LogP contribution is -2.60. The minimum Gasteiger partial charge on any atom is -0.378 e. The van der Waals surface area contributed by atoms with Gasteiger partial charge in [0.05, 0.1) is 30.6 Å². The number of anilines is 2. The van der Waals surface area contributed by atoms with E-state index in [9.17, 15) is 4.79 Å². The first kappa shape index (κ1) is 23.3. The number of aromatic nitrogens is 5. The van der Waals surface area contributed by atoms with Gasteiger partial charge < -0.3 is 15.0 Å². The molecule has 4 aromatic rings. The highest BCUT2D eigenvalue weighted by atomic mass is 19.1. The molecule has 1 N–H and O–H groups in total. The maximum Gasteiger partial charge on any atom is 0.262 e. The zero-order valence-corrected chi connectivity index (χ0v) is 21.2. The fourth-order valence-electron chi connectivity index (χ4n) is 6.03. The molecule has 8 rings (SSSR count). The summed E-state index contributed by atoms with van der Waals surface area (Å²) < 4.78 is 38.8. The lowest BCUT2D eigenvalue weighted by atomic mass is 9.50. The molecule has 1 saturated heterocycles. The number of amides is 1. The van der Waals surface area contributed by atoms with Crippen LogP contribution in [0.5, 0.6) is 0 Å². The molecule has 2 bridgehead atoms. The molecule has 0 atom stereocenters. The fourth-order valence-corrected chi connectivity index (χ4v) is 6.03. The quantitative estimate of drug-likeness (QED) is 0.427. The standard InChI is InChI=1S/C27H27F2N7O2/c1-15-7-21(28)22(32-26(37)20-14-30-36(25(20)29)27-11-17(12-27)13-27)10-19(15)18-8-23-31-16(2)33-35(23)24(9-18)34-3-5-38-6-4-34/h7-10,14,17H,3-6,11-13H2,1-2H3,(H,32,37). The van der Waals surface area contributed by atoms with Gasteiger partial charge in [0.2, 0.25) is 5.95 Å². The van der Waals surface area contributed by atoms with Crippen LogP contribution in [0.25, 0.3) is 16.8 Å². The zero-order chi connectivity index (χ0) is 26.2. The summed E-state index contributed by atoms with van der Waals surface area (Å²) in [6, 6.07) is 6.85. The van der Waals surface area contributed by atoms with E-state index >= 15 is 8.78 Å². The van der Waals surface area contributed by atoms with Crippen molar-refractivity contribution in [2.75, 3.05) is 36.5 Å². The van der Waals surface area contributed by atoms with Crippen molar-refractivity contribution in [3.63, 3.8) is 0 Å². The average molecular weight is 520 g/mol. The molecule has 0 radical (unpaired) electrons. The van der Waals surface area contributed by atoms with E-state index in [1.165, 1.54) is 16.9 Å². The number of ether oxygens (including phenoxy) is 1. The second-order valence-corrected chi connectivity index (χ2v) is 10.7. The molecule has 38 heavy (non-hydrogen) atoms. The van der Waals surface area contributed by atoms with Crippen LogP contribution in [0.2, 0.25) is 0 Å². The number of nitrogens with zero attached hydrogens (tertiary/aromatic N) is 6. The molecule has 0 spiro atoms. The average Bonchev–Trinajstić information content (AvgIpc) is 3.40. The van der Waals surface area contributed by atoms with E-state index in [2.05, 4.69) is 25.4 Å². The highest BCUT2D eigenvalue weighted by molar-refractivity contribution is 6.04. The maximum atomic E-state index is 15.1. The predicted molar refractivity (Wildman–Crippen MR) is 136 cm³/mol. The highest BCUT2D eigenvalue weighted by Gasteiger charge is 2.59. The monoisotopic (exact) mass is 519 g/mol. The van der Waals surface area contributed by atoms with Gasteiger partial charge in [0, 0.05) is 13.1 Å². The van der Waals surface area contributed by atoms with E-state index in [-0.39, 0.29) is 16.8 Å². The molecule has 4 aliphatic rings. The zero-order valence-electron chi connectivity index (χ0n) is 21.2. The van der Waals surface area contributed by atoms with Gasteiger partial charge >= 0.3 is 0 Å². The smallest absolute Gasteiger partial charge is 0.262 e. The molecule has 3 aromatic heterocycles. The number of morpholine rings is 1. The number of nitrogens with one attached hydrogen (secondary N) is 1. The third-order valence-electron chi connectivity index (χ3n) is 8.14. The van der Waals surface area contributed by atoms with E-state index in [4.69, 9.17) is 4.74 Å². The van der Waals surface area contributed by atoms with Gasteiger partial charge in [-0.1, -0.05) is 0 Å². The first-order valence-electron chi connectivity index (χ1n) is 12.9. The molecular formula is C27H27F2N7O2. The molecule has 3 saturated carbocycles. The molecule has 4 heterocycles. The number of hydrogen-bond donors (Lipinski definition) is 1. The predicted octanol–water partition coefficient (Wildman–Crippen LogP) is 4.09. The second-order valence-electron chi connectivity index (χ2n) is 10.7. The Morgan fingerprint density at radius 2 is 1.87 bits per heavy atom. The van der Waals surface area contributed by atoms with E-state index < -0.39 is 17.7 Å². The van der Waals surface area contributed by atoms with Crippen LogP contribution in [0.1, 0.15) is 41.0 Å². The van der Waals surface area contributed by atoms with Crippen LogP contribution in [-0.4, -0.2) is 56.6 Å². The van der Waals surface area contributed by atoms with Crippen molar-refractivity contribution in [3.8, 4) is 11.1 Å². The number of fused-ring (bicyclic) bond motifs is 1. The van der Waals surface area contributed by atoms with E-state index in [1.807, 2.05) is 26.0 Å². The summed E-state index contributed by atoms with van der Waals surface area (Å²) in [5.74, 6) is 0.142. The topological polar surface area (TPSA) is 89.6 Å². The summed E-state index contributed by atoms with van der Waals surface area (Å²) in [5, 5.41) is 11.3. The Bertz CT molecular complexity index is 1590. The van der Waals surface area contributed by atoms with Gasteiger partial charge in [0.25, 0.3) is 5.91 Å². The summed E-state index contributed by atoms with van der Waals surface area (Å²) >= 11 is 0. The third-order valence-corrected chi connectivity index (χ3v) is 8.14. The van der Waals surface area contributed by atoms with Crippen molar-refractivity contribution in [2.24, 2.45) is 5.92 Å². The summed E-state index contributed by atoms with van der Waals surface area (Å²) in [5.41, 5.74) is 2.39. The van der Waals surface area contributed by atoms with Crippen LogP contribution in [0.15, 0.2) is 30.5 Å². The van der Waals surface area contributed by atoms with Gasteiger partial charge in [-0.15, -0.1) is 5.10 Å². The van der Waals surface area contributed by atoms with Gasteiger partial charge in [-0.25, -0.2) is 14.1 Å². The van der Waals surface area contributed by atoms with Gasteiger partial charge in [-0.05, 0) is 80.0 Å². The van der Waals surface area contributed by atoms with E-state index in [0.29, 0.717) is 49.3 Å². The number of benzene rings is 1. The van der Waals surface area contributed by atoms with Crippen molar-refractivity contribution in [1.29, 1.82) is 0 Å². The Kier molecular flexibility index (Phi) is 5.10. The molecule has 3 aliphatic carbocycles. The number of carbonyl (C=O) groups is 1. The molecule has 196 valence electrons. The van der Waals surface area contributed by atoms with Gasteiger partial charge in [0.1, 0.15) is 23.0 Å². The Balaban J connectivity index is 1.24. The number of halogens is 2. The number of pyridine rings is 1. The van der Waals surface area contributed by atoms with Crippen molar-refractivity contribution in [1.82, 2.24) is 24.4 Å². The van der Waals surface area contributed by atoms with Crippen molar-refractivity contribution in [2.45, 2.75) is 38.6 Å². The van der Waals surface area contributed by atoms with E-state index in [1.54, 1.807) is 10.6 Å². The Morgan fingerprint density at radius 3 is 2.58 bits per heavy atom. The molecule has 1 amide bonds.